The fourth-order valence-corrected chi connectivity index (χ4v) is 3.50. The maximum absolute atomic E-state index is 4.39. The first-order valence-electron chi connectivity index (χ1n) is 9.74. The number of guanidine groups is 1. The van der Waals surface area contributed by atoms with Crippen LogP contribution < -0.4 is 10.6 Å². The summed E-state index contributed by atoms with van der Waals surface area (Å²) >= 11 is 0. The van der Waals surface area contributed by atoms with E-state index in [1.165, 1.54) is 30.4 Å². The molecule has 26 heavy (non-hydrogen) atoms. The second-order valence-electron chi connectivity index (χ2n) is 6.72. The molecule has 0 aliphatic carbocycles. The lowest BCUT2D eigenvalue weighted by Crippen LogP contribution is -2.38. The van der Waals surface area contributed by atoms with Crippen molar-refractivity contribution >= 4 is 5.96 Å². The van der Waals surface area contributed by atoms with E-state index in [9.17, 15) is 0 Å². The van der Waals surface area contributed by atoms with Gasteiger partial charge in [0.1, 0.15) is 11.6 Å². The van der Waals surface area contributed by atoms with E-state index in [0.717, 1.165) is 56.5 Å². The molecule has 6 heteroatoms. The molecule has 1 aromatic carbocycles. The Kier molecular flexibility index (Phi) is 6.63. The minimum absolute atomic E-state index is 0.782. The summed E-state index contributed by atoms with van der Waals surface area (Å²) in [4.78, 5) is 4.33. The van der Waals surface area contributed by atoms with Gasteiger partial charge in [-0.1, -0.05) is 37.6 Å². The number of rotatable bonds is 6. The number of benzene rings is 1. The second kappa shape index (κ2) is 9.36. The number of hydrogen-bond donors (Lipinski definition) is 2. The number of fused-ring (bicyclic) bond motifs is 1. The van der Waals surface area contributed by atoms with Crippen LogP contribution in [-0.2, 0) is 32.4 Å². The van der Waals surface area contributed by atoms with Crippen LogP contribution in [0.5, 0.6) is 0 Å². The van der Waals surface area contributed by atoms with E-state index in [1.54, 1.807) is 0 Å². The summed E-state index contributed by atoms with van der Waals surface area (Å²) in [5, 5.41) is 15.6. The van der Waals surface area contributed by atoms with Crippen LogP contribution in [0.4, 0.5) is 0 Å². The highest BCUT2D eigenvalue weighted by Gasteiger charge is 2.14. The molecule has 2 aromatic rings. The Morgan fingerprint density at radius 2 is 1.96 bits per heavy atom. The summed E-state index contributed by atoms with van der Waals surface area (Å²) in [6, 6.07) is 8.54. The zero-order chi connectivity index (χ0) is 18.2. The van der Waals surface area contributed by atoms with Gasteiger partial charge in [0.05, 0.1) is 0 Å². The maximum Gasteiger partial charge on any atom is 0.191 e. The van der Waals surface area contributed by atoms with E-state index < -0.39 is 0 Å². The normalized spacial score (nSPS) is 14.6. The number of aryl methyl sites for hydroxylation is 2. The van der Waals surface area contributed by atoms with E-state index in [0.29, 0.717) is 0 Å². The summed E-state index contributed by atoms with van der Waals surface area (Å²) in [6.45, 7) is 4.82. The van der Waals surface area contributed by atoms with Gasteiger partial charge in [-0.15, -0.1) is 10.2 Å². The molecule has 2 N–H and O–H groups in total. The van der Waals surface area contributed by atoms with E-state index in [2.05, 4.69) is 61.6 Å². The van der Waals surface area contributed by atoms with E-state index >= 15 is 0 Å². The molecule has 0 spiro atoms. The Morgan fingerprint density at radius 1 is 1.12 bits per heavy atom. The van der Waals surface area contributed by atoms with E-state index in [1.807, 2.05) is 7.05 Å². The molecule has 0 fully saturated rings. The van der Waals surface area contributed by atoms with Crippen LogP contribution in [0.25, 0.3) is 0 Å². The standard InChI is InChI=1S/C20H30N6/c1-3-16-9-6-7-10-17(16)15-23-20(21-2)22-13-12-19-25-24-18-11-5-4-8-14-26(18)19/h6-7,9-10H,3-5,8,11-15H2,1-2H3,(H2,21,22,23). The Morgan fingerprint density at radius 3 is 2.77 bits per heavy atom. The topological polar surface area (TPSA) is 67.1 Å². The summed E-state index contributed by atoms with van der Waals surface area (Å²) in [5.74, 6) is 3.06. The quantitative estimate of drug-likeness (QED) is 0.618. The molecule has 0 radical (unpaired) electrons. The first kappa shape index (κ1) is 18.4. The van der Waals surface area contributed by atoms with Crippen LogP contribution in [0.3, 0.4) is 0 Å². The lowest BCUT2D eigenvalue weighted by molar-refractivity contribution is 0.600. The molecule has 0 saturated carbocycles. The molecule has 2 heterocycles. The number of aliphatic imine (C=N–C) groups is 1. The highest BCUT2D eigenvalue weighted by molar-refractivity contribution is 5.79. The number of hydrogen-bond acceptors (Lipinski definition) is 3. The molecule has 1 aliphatic heterocycles. The van der Waals surface area contributed by atoms with Crippen molar-refractivity contribution in [3.8, 4) is 0 Å². The largest absolute Gasteiger partial charge is 0.356 e. The van der Waals surface area contributed by atoms with Gasteiger partial charge in [-0.05, 0) is 30.4 Å². The molecular weight excluding hydrogens is 324 g/mol. The molecule has 0 atom stereocenters. The highest BCUT2D eigenvalue weighted by Crippen LogP contribution is 2.14. The first-order valence-corrected chi connectivity index (χ1v) is 9.74. The van der Waals surface area contributed by atoms with Gasteiger partial charge in [-0.25, -0.2) is 0 Å². The number of nitrogens with zero attached hydrogens (tertiary/aromatic N) is 4. The highest BCUT2D eigenvalue weighted by atomic mass is 15.3. The van der Waals surface area contributed by atoms with Gasteiger partial charge >= 0.3 is 0 Å². The third kappa shape index (κ3) is 4.62. The molecule has 1 aliphatic rings. The Hall–Kier alpha value is -2.37. The number of aromatic nitrogens is 3. The van der Waals surface area contributed by atoms with Crippen molar-refractivity contribution in [3.63, 3.8) is 0 Å². The van der Waals surface area contributed by atoms with Crippen molar-refractivity contribution in [2.45, 2.75) is 58.5 Å². The second-order valence-corrected chi connectivity index (χ2v) is 6.72. The van der Waals surface area contributed by atoms with Crippen LogP contribution in [0, 0.1) is 0 Å². The van der Waals surface area contributed by atoms with Crippen LogP contribution in [0.15, 0.2) is 29.3 Å². The predicted molar refractivity (Wildman–Crippen MR) is 105 cm³/mol. The average Bonchev–Trinajstić information content (AvgIpc) is 2.90. The van der Waals surface area contributed by atoms with Crippen molar-refractivity contribution in [2.24, 2.45) is 4.99 Å². The van der Waals surface area contributed by atoms with Gasteiger partial charge in [0.15, 0.2) is 5.96 Å². The average molecular weight is 355 g/mol. The van der Waals surface area contributed by atoms with Crippen molar-refractivity contribution in [1.82, 2.24) is 25.4 Å². The Labute approximate surface area is 156 Å². The first-order chi connectivity index (χ1) is 12.8. The van der Waals surface area contributed by atoms with Crippen molar-refractivity contribution < 1.29 is 0 Å². The third-order valence-corrected chi connectivity index (χ3v) is 5.00. The van der Waals surface area contributed by atoms with Gasteiger partial charge in [-0.3, -0.25) is 4.99 Å². The van der Waals surface area contributed by atoms with Crippen LogP contribution in [0.1, 0.15) is 49.0 Å². The minimum atomic E-state index is 0.782. The van der Waals surface area contributed by atoms with Gasteiger partial charge in [0.2, 0.25) is 0 Å². The summed E-state index contributed by atoms with van der Waals surface area (Å²) in [6.07, 6.45) is 6.70. The number of nitrogens with one attached hydrogen (secondary N) is 2. The lowest BCUT2D eigenvalue weighted by atomic mass is 10.1. The van der Waals surface area contributed by atoms with Crippen LogP contribution in [-0.4, -0.2) is 34.3 Å². The third-order valence-electron chi connectivity index (χ3n) is 5.00. The molecule has 6 nitrogen and oxygen atoms in total. The van der Waals surface area contributed by atoms with Crippen LogP contribution in [0.2, 0.25) is 0 Å². The molecule has 0 unspecified atom stereocenters. The van der Waals surface area contributed by atoms with Gasteiger partial charge < -0.3 is 15.2 Å². The molecule has 0 saturated heterocycles. The summed E-state index contributed by atoms with van der Waals surface area (Å²) in [7, 11) is 1.81. The fraction of sp³-hybridized carbons (Fsp3) is 0.550. The summed E-state index contributed by atoms with van der Waals surface area (Å²) < 4.78 is 2.31. The van der Waals surface area contributed by atoms with Crippen molar-refractivity contribution in [2.75, 3.05) is 13.6 Å². The molecule has 0 amide bonds. The molecular formula is C20H30N6. The molecule has 3 rings (SSSR count). The van der Waals surface area contributed by atoms with Crippen LogP contribution >= 0.6 is 0 Å². The minimum Gasteiger partial charge on any atom is -0.356 e. The van der Waals surface area contributed by atoms with Gasteiger partial charge in [0, 0.05) is 39.5 Å². The summed E-state index contributed by atoms with van der Waals surface area (Å²) in [5.41, 5.74) is 2.70. The monoisotopic (exact) mass is 354 g/mol. The fourth-order valence-electron chi connectivity index (χ4n) is 3.50. The lowest BCUT2D eigenvalue weighted by Gasteiger charge is -2.14. The smallest absolute Gasteiger partial charge is 0.191 e. The van der Waals surface area contributed by atoms with E-state index in [-0.39, 0.29) is 0 Å². The molecule has 140 valence electrons. The zero-order valence-electron chi connectivity index (χ0n) is 16.0. The Bertz CT molecular complexity index is 734. The van der Waals surface area contributed by atoms with Gasteiger partial charge in [-0.2, -0.15) is 0 Å². The molecule has 1 aromatic heterocycles. The van der Waals surface area contributed by atoms with Crippen molar-refractivity contribution in [3.05, 3.63) is 47.0 Å². The van der Waals surface area contributed by atoms with Gasteiger partial charge in [0.25, 0.3) is 0 Å². The maximum atomic E-state index is 4.39. The zero-order valence-corrected chi connectivity index (χ0v) is 16.0. The van der Waals surface area contributed by atoms with E-state index in [4.69, 9.17) is 0 Å². The van der Waals surface area contributed by atoms with Crippen molar-refractivity contribution in [1.29, 1.82) is 0 Å². The predicted octanol–water partition coefficient (Wildman–Crippen LogP) is 2.47. The molecule has 0 bridgehead atoms. The SMILES string of the molecule is CCc1ccccc1CNC(=NC)NCCc1nnc2n1CCCCC2. The Balaban J connectivity index is 1.50.